The van der Waals surface area contributed by atoms with Crippen LogP contribution in [0.5, 0.6) is 0 Å². The monoisotopic (exact) mass is 489 g/mol. The first-order valence-electron chi connectivity index (χ1n) is 11.5. The summed E-state index contributed by atoms with van der Waals surface area (Å²) < 4.78 is 40.1. The van der Waals surface area contributed by atoms with Crippen molar-refractivity contribution >= 4 is 11.9 Å². The van der Waals surface area contributed by atoms with E-state index in [2.05, 4.69) is 5.32 Å². The number of rotatable bonds is 8. The predicted molar refractivity (Wildman–Crippen MR) is 126 cm³/mol. The summed E-state index contributed by atoms with van der Waals surface area (Å²) in [6, 6.07) is 4.11. The number of hydrogen-bond donors (Lipinski definition) is 2. The molecule has 0 bridgehead atoms. The van der Waals surface area contributed by atoms with E-state index in [4.69, 9.17) is 5.10 Å². The fourth-order valence-electron chi connectivity index (χ4n) is 4.23. The Morgan fingerprint density at radius 2 is 1.71 bits per heavy atom. The molecule has 0 atom stereocenters. The lowest BCUT2D eigenvalue weighted by Crippen LogP contribution is -2.24. The van der Waals surface area contributed by atoms with Crippen LogP contribution in [0.2, 0.25) is 0 Å². The van der Waals surface area contributed by atoms with Crippen LogP contribution in [0.25, 0.3) is 0 Å². The minimum Gasteiger partial charge on any atom is -0.481 e. The van der Waals surface area contributed by atoms with Crippen LogP contribution in [0.3, 0.4) is 0 Å². The van der Waals surface area contributed by atoms with Crippen molar-refractivity contribution in [2.24, 2.45) is 0 Å². The van der Waals surface area contributed by atoms with Crippen LogP contribution in [0.4, 0.5) is 13.2 Å². The zero-order valence-electron chi connectivity index (χ0n) is 20.2. The molecule has 0 fully saturated rings. The van der Waals surface area contributed by atoms with E-state index in [1.165, 1.54) is 0 Å². The molecule has 35 heavy (non-hydrogen) atoms. The molecule has 1 aromatic heterocycles. The smallest absolute Gasteiger partial charge is 0.416 e. The van der Waals surface area contributed by atoms with Gasteiger partial charge in [-0.1, -0.05) is 33.8 Å². The van der Waals surface area contributed by atoms with Crippen molar-refractivity contribution in [1.29, 1.82) is 0 Å². The van der Waals surface area contributed by atoms with Gasteiger partial charge in [0.05, 0.1) is 24.2 Å². The number of nitrogens with zero attached hydrogens (tertiary/aromatic N) is 2. The molecule has 1 aromatic carbocycles. The Hall–Kier alpha value is -3.36. The van der Waals surface area contributed by atoms with Gasteiger partial charge in [0.2, 0.25) is 0 Å². The van der Waals surface area contributed by atoms with Gasteiger partial charge in [0.25, 0.3) is 5.91 Å². The molecule has 0 spiro atoms. The molecule has 1 amide bonds. The van der Waals surface area contributed by atoms with Crippen LogP contribution >= 0.6 is 0 Å². The molecule has 0 unspecified atom stereocenters. The van der Waals surface area contributed by atoms with Gasteiger partial charge in [-0.2, -0.15) is 18.3 Å². The third-order valence-corrected chi connectivity index (χ3v) is 5.88. The highest BCUT2D eigenvalue weighted by molar-refractivity contribution is 5.95. The van der Waals surface area contributed by atoms with Crippen LogP contribution in [-0.2, 0) is 23.9 Å². The Bertz CT molecular complexity index is 1160. The third kappa shape index (κ3) is 6.41. The molecule has 3 rings (SSSR count). The molecule has 1 heterocycles. The molecule has 9 heteroatoms. The predicted octanol–water partition coefficient (Wildman–Crippen LogP) is 5.81. The number of carbonyl (C=O) groups excluding carboxylic acids is 1. The molecule has 0 saturated carbocycles. The Kier molecular flexibility index (Phi) is 7.87. The Balaban J connectivity index is 1.75. The van der Waals surface area contributed by atoms with E-state index in [0.717, 1.165) is 46.8 Å². The minimum atomic E-state index is -4.45. The van der Waals surface area contributed by atoms with E-state index in [9.17, 15) is 27.9 Å². The standard InChI is InChI=1S/C26H30F3N3O3/c1-15(2)23-21(13-22(33)34)24(16(3)4)32(31-23)14-17-5-11-20(12-6-17)30-25(35)18-7-9-19(10-8-18)26(27,28)29/h5,7-11,15-16H,6,12-14H2,1-4H3,(H,30,35)(H,33,34). The number of amides is 1. The molecule has 0 radical (unpaired) electrons. The molecular formula is C26H30F3N3O3. The number of nitrogens with one attached hydrogen (secondary N) is 1. The van der Waals surface area contributed by atoms with Crippen molar-refractivity contribution in [3.63, 3.8) is 0 Å². The summed E-state index contributed by atoms with van der Waals surface area (Å²) in [4.78, 5) is 23.9. The average molecular weight is 490 g/mol. The van der Waals surface area contributed by atoms with Gasteiger partial charge in [0, 0.05) is 22.5 Å². The summed E-state index contributed by atoms with van der Waals surface area (Å²) in [6.07, 6.45) is 0.415. The van der Waals surface area contributed by atoms with Gasteiger partial charge in [-0.05, 0) is 60.6 Å². The van der Waals surface area contributed by atoms with E-state index >= 15 is 0 Å². The summed E-state index contributed by atoms with van der Waals surface area (Å²) >= 11 is 0. The van der Waals surface area contributed by atoms with Crippen molar-refractivity contribution in [3.05, 3.63) is 75.8 Å². The Morgan fingerprint density at radius 1 is 1.06 bits per heavy atom. The lowest BCUT2D eigenvalue weighted by Gasteiger charge is -2.18. The number of allylic oxidation sites excluding steroid dienone is 4. The lowest BCUT2D eigenvalue weighted by molar-refractivity contribution is -0.138. The molecule has 0 aliphatic heterocycles. The summed E-state index contributed by atoms with van der Waals surface area (Å²) in [6.45, 7) is 8.55. The number of hydrogen-bond acceptors (Lipinski definition) is 3. The van der Waals surface area contributed by atoms with Gasteiger partial charge in [-0.3, -0.25) is 14.3 Å². The van der Waals surface area contributed by atoms with E-state index in [0.29, 0.717) is 25.1 Å². The van der Waals surface area contributed by atoms with E-state index < -0.39 is 23.6 Å². The van der Waals surface area contributed by atoms with Crippen LogP contribution in [0.15, 0.2) is 47.7 Å². The summed E-state index contributed by atoms with van der Waals surface area (Å²) in [7, 11) is 0. The van der Waals surface area contributed by atoms with Crippen molar-refractivity contribution in [1.82, 2.24) is 15.1 Å². The summed E-state index contributed by atoms with van der Waals surface area (Å²) in [5, 5.41) is 16.9. The number of benzene rings is 1. The third-order valence-electron chi connectivity index (χ3n) is 5.88. The number of carbonyl (C=O) groups is 2. The van der Waals surface area contributed by atoms with Gasteiger partial charge in [0.15, 0.2) is 0 Å². The number of carboxylic acid groups (broad SMARTS) is 1. The Labute approximate surface area is 202 Å². The van der Waals surface area contributed by atoms with E-state index in [1.54, 1.807) is 6.08 Å². The fourth-order valence-corrected chi connectivity index (χ4v) is 4.23. The van der Waals surface area contributed by atoms with Crippen LogP contribution in [-0.4, -0.2) is 26.8 Å². The molecular weight excluding hydrogens is 459 g/mol. The zero-order valence-corrected chi connectivity index (χ0v) is 20.2. The lowest BCUT2D eigenvalue weighted by atomic mass is 9.96. The first kappa shape index (κ1) is 26.2. The molecule has 6 nitrogen and oxygen atoms in total. The van der Waals surface area contributed by atoms with Crippen LogP contribution < -0.4 is 5.32 Å². The molecule has 188 valence electrons. The van der Waals surface area contributed by atoms with Gasteiger partial charge in [-0.25, -0.2) is 0 Å². The Morgan fingerprint density at radius 3 is 2.20 bits per heavy atom. The van der Waals surface area contributed by atoms with Crippen LogP contribution in [0, 0.1) is 0 Å². The second-order valence-corrected chi connectivity index (χ2v) is 9.33. The second kappa shape index (κ2) is 10.5. The normalized spacial score (nSPS) is 14.2. The van der Waals surface area contributed by atoms with Crippen molar-refractivity contribution in [3.8, 4) is 0 Å². The van der Waals surface area contributed by atoms with Gasteiger partial charge in [-0.15, -0.1) is 0 Å². The summed E-state index contributed by atoms with van der Waals surface area (Å²) in [5.74, 6) is -1.16. The zero-order chi connectivity index (χ0) is 25.9. The topological polar surface area (TPSA) is 84.2 Å². The average Bonchev–Trinajstić information content (AvgIpc) is 3.12. The first-order chi connectivity index (χ1) is 16.4. The van der Waals surface area contributed by atoms with Gasteiger partial charge < -0.3 is 10.4 Å². The fraction of sp³-hybridized carbons (Fsp3) is 0.423. The molecule has 1 aliphatic rings. The number of carboxylic acids is 1. The highest BCUT2D eigenvalue weighted by atomic mass is 19.4. The number of aromatic nitrogens is 2. The maximum absolute atomic E-state index is 12.7. The number of halogens is 3. The molecule has 1 aliphatic carbocycles. The molecule has 2 aromatic rings. The largest absolute Gasteiger partial charge is 0.481 e. The quantitative estimate of drug-likeness (QED) is 0.490. The SMILES string of the molecule is CC(C)c1nn(CC2=CC=C(NC(=O)c3ccc(C(F)(F)F)cc3)CC2)c(C(C)C)c1CC(=O)O. The van der Waals surface area contributed by atoms with Crippen molar-refractivity contribution in [2.75, 3.05) is 0 Å². The highest BCUT2D eigenvalue weighted by Gasteiger charge is 2.30. The van der Waals surface area contributed by atoms with Crippen LogP contribution in [0.1, 0.15) is 85.2 Å². The van der Waals surface area contributed by atoms with E-state index in [-0.39, 0.29) is 23.8 Å². The first-order valence-corrected chi connectivity index (χ1v) is 11.5. The van der Waals surface area contributed by atoms with Gasteiger partial charge >= 0.3 is 12.1 Å². The van der Waals surface area contributed by atoms with Gasteiger partial charge in [0.1, 0.15) is 0 Å². The highest BCUT2D eigenvalue weighted by Crippen LogP contribution is 2.31. The molecule has 0 saturated heterocycles. The summed E-state index contributed by atoms with van der Waals surface area (Å²) in [5.41, 5.74) is 3.61. The minimum absolute atomic E-state index is 0.0693. The molecule has 2 N–H and O–H groups in total. The maximum atomic E-state index is 12.7. The van der Waals surface area contributed by atoms with Crippen molar-refractivity contribution in [2.45, 2.75) is 71.5 Å². The second-order valence-electron chi connectivity index (χ2n) is 9.33. The maximum Gasteiger partial charge on any atom is 0.416 e. The number of alkyl halides is 3. The van der Waals surface area contributed by atoms with Crippen molar-refractivity contribution < 1.29 is 27.9 Å². The number of aliphatic carboxylic acids is 1. The van der Waals surface area contributed by atoms with E-state index in [1.807, 2.05) is 38.5 Å².